The molecule has 2 atom stereocenters. The monoisotopic (exact) mass is 809 g/mol. The molecule has 0 radical (unpaired) electrons. The zero-order valence-electron chi connectivity index (χ0n) is 36.9. The third kappa shape index (κ3) is 31.6. The summed E-state index contributed by atoms with van der Waals surface area (Å²) in [5, 5.41) is 25.0. The number of allylic oxidation sites excluding steroid dienone is 4. The lowest BCUT2D eigenvalue weighted by atomic mass is 10.00. The Morgan fingerprint density at radius 2 is 0.759 bits per heavy atom. The molecule has 0 aromatic heterocycles. The van der Waals surface area contributed by atoms with Gasteiger partial charge >= 0.3 is 11.9 Å². The summed E-state index contributed by atoms with van der Waals surface area (Å²) in [6.07, 6.45) is 43.9. The molecule has 0 aliphatic heterocycles. The fourth-order valence-corrected chi connectivity index (χ4v) is 7.41. The van der Waals surface area contributed by atoms with E-state index in [2.05, 4.69) is 24.5 Å². The summed E-state index contributed by atoms with van der Waals surface area (Å²) in [7, 11) is 0. The second kappa shape index (κ2) is 37.8. The Labute approximate surface area is 353 Å². The van der Waals surface area contributed by atoms with E-state index in [-0.39, 0.29) is 25.7 Å². The van der Waals surface area contributed by atoms with Crippen molar-refractivity contribution in [3.05, 3.63) is 48.6 Å². The Morgan fingerprint density at radius 1 is 0.466 bits per heavy atom. The molecule has 0 fully saturated rings. The standard InChI is InChI=1S/C50H84N2O6/c1-3-5-7-9-11-13-15-17-19-21-23-25-27-29-31-33-36-43(49(55)56)40-47(53)51-45-38-35-39-46(42-45)52-48(54)41-44(50(57)58)37-34-32-30-28-26-24-22-20-18-16-14-12-10-8-6-4-2/h31-35,38-39,42-44H,3-30,36-37,40-41H2,1-2H3,(H,51,53)(H,52,54)(H,55,56)(H,57,58)/b33-31+,34-32+. The van der Waals surface area contributed by atoms with Crippen molar-refractivity contribution in [1.82, 2.24) is 0 Å². The van der Waals surface area contributed by atoms with Crippen molar-refractivity contribution in [3.8, 4) is 0 Å². The molecule has 2 unspecified atom stereocenters. The van der Waals surface area contributed by atoms with E-state index in [0.717, 1.165) is 25.7 Å². The predicted octanol–water partition coefficient (Wildman–Crippen LogP) is 14.6. The minimum atomic E-state index is -1.01. The van der Waals surface area contributed by atoms with Crippen molar-refractivity contribution in [2.75, 3.05) is 10.6 Å². The van der Waals surface area contributed by atoms with Crippen LogP contribution in [0.25, 0.3) is 0 Å². The summed E-state index contributed by atoms with van der Waals surface area (Å²) in [6, 6.07) is 6.60. The summed E-state index contributed by atoms with van der Waals surface area (Å²) in [4.78, 5) is 49.3. The van der Waals surface area contributed by atoms with Crippen LogP contribution in [0.5, 0.6) is 0 Å². The SMILES string of the molecule is CCCCCCCCCCCCCCC/C=C/CC(CC(=O)Nc1cccc(NC(=O)CC(C/C=C/CCCCCCCCCCCCCCC)C(=O)O)c1)C(=O)O. The predicted molar refractivity (Wildman–Crippen MR) is 243 cm³/mol. The first-order valence-corrected chi connectivity index (χ1v) is 23.7. The van der Waals surface area contributed by atoms with Crippen LogP contribution < -0.4 is 10.6 Å². The summed E-state index contributed by atoms with van der Waals surface area (Å²) >= 11 is 0. The summed E-state index contributed by atoms with van der Waals surface area (Å²) < 4.78 is 0. The van der Waals surface area contributed by atoms with Crippen molar-refractivity contribution in [2.24, 2.45) is 11.8 Å². The van der Waals surface area contributed by atoms with E-state index in [1.54, 1.807) is 24.3 Å². The molecule has 1 rings (SSSR count). The number of rotatable bonds is 40. The lowest BCUT2D eigenvalue weighted by Gasteiger charge is -2.13. The third-order valence-electron chi connectivity index (χ3n) is 11.1. The van der Waals surface area contributed by atoms with E-state index >= 15 is 0 Å². The number of amides is 2. The van der Waals surface area contributed by atoms with E-state index in [0.29, 0.717) is 11.4 Å². The Kier molecular flexibility index (Phi) is 34.3. The number of nitrogens with one attached hydrogen (secondary N) is 2. The number of carboxylic acid groups (broad SMARTS) is 2. The highest BCUT2D eigenvalue weighted by atomic mass is 16.4. The van der Waals surface area contributed by atoms with Gasteiger partial charge in [0.05, 0.1) is 11.8 Å². The number of carboxylic acids is 2. The highest BCUT2D eigenvalue weighted by Gasteiger charge is 2.21. The lowest BCUT2D eigenvalue weighted by Crippen LogP contribution is -2.22. The highest BCUT2D eigenvalue weighted by molar-refractivity contribution is 5.96. The van der Waals surface area contributed by atoms with Gasteiger partial charge in [0.15, 0.2) is 0 Å². The average molecular weight is 809 g/mol. The van der Waals surface area contributed by atoms with Crippen molar-refractivity contribution in [1.29, 1.82) is 0 Å². The number of unbranched alkanes of at least 4 members (excludes halogenated alkanes) is 26. The van der Waals surface area contributed by atoms with Crippen molar-refractivity contribution in [2.45, 2.75) is 219 Å². The largest absolute Gasteiger partial charge is 0.481 e. The molecule has 8 nitrogen and oxygen atoms in total. The number of benzene rings is 1. The van der Waals surface area contributed by atoms with Gasteiger partial charge in [-0.15, -0.1) is 0 Å². The van der Waals surface area contributed by atoms with Crippen LogP contribution in [-0.2, 0) is 19.2 Å². The fraction of sp³-hybridized carbons (Fsp3) is 0.720. The number of carbonyl (C=O) groups excluding carboxylic acids is 2. The molecule has 2 amide bonds. The Morgan fingerprint density at radius 3 is 1.05 bits per heavy atom. The summed E-state index contributed by atoms with van der Waals surface area (Å²) in [6.45, 7) is 4.51. The molecule has 4 N–H and O–H groups in total. The van der Waals surface area contributed by atoms with Gasteiger partial charge in [-0.1, -0.05) is 198 Å². The van der Waals surface area contributed by atoms with Crippen LogP contribution in [0, 0.1) is 11.8 Å². The van der Waals surface area contributed by atoms with Crippen LogP contribution in [0.1, 0.15) is 219 Å². The maximum absolute atomic E-state index is 12.8. The van der Waals surface area contributed by atoms with E-state index in [9.17, 15) is 29.4 Å². The van der Waals surface area contributed by atoms with E-state index in [1.807, 2.05) is 24.3 Å². The van der Waals surface area contributed by atoms with E-state index in [1.165, 1.54) is 154 Å². The third-order valence-corrected chi connectivity index (χ3v) is 11.1. The number of aliphatic carboxylic acids is 2. The maximum Gasteiger partial charge on any atom is 0.307 e. The van der Waals surface area contributed by atoms with Crippen LogP contribution in [0.15, 0.2) is 48.6 Å². The van der Waals surface area contributed by atoms with Gasteiger partial charge in [-0.05, 0) is 56.7 Å². The summed E-state index contributed by atoms with van der Waals surface area (Å²) in [5.41, 5.74) is 0.853. The summed E-state index contributed by atoms with van der Waals surface area (Å²) in [5.74, 6) is -4.52. The molecule has 0 saturated carbocycles. The minimum absolute atomic E-state index is 0.165. The van der Waals surface area contributed by atoms with Crippen LogP contribution in [-0.4, -0.2) is 34.0 Å². The van der Waals surface area contributed by atoms with Gasteiger partial charge in [-0.3, -0.25) is 19.2 Å². The van der Waals surface area contributed by atoms with Crippen LogP contribution in [0.3, 0.4) is 0 Å². The van der Waals surface area contributed by atoms with Crippen LogP contribution in [0.4, 0.5) is 11.4 Å². The molecule has 0 saturated heterocycles. The van der Waals surface area contributed by atoms with Gasteiger partial charge in [0.2, 0.25) is 11.8 Å². The van der Waals surface area contributed by atoms with Crippen molar-refractivity contribution < 1.29 is 29.4 Å². The molecule has 58 heavy (non-hydrogen) atoms. The van der Waals surface area contributed by atoms with Crippen molar-refractivity contribution in [3.63, 3.8) is 0 Å². The quantitative estimate of drug-likeness (QED) is 0.0385. The maximum atomic E-state index is 12.8. The normalized spacial score (nSPS) is 12.6. The molecular formula is C50H84N2O6. The van der Waals surface area contributed by atoms with Gasteiger partial charge in [-0.25, -0.2) is 0 Å². The molecule has 0 aliphatic rings. The van der Waals surface area contributed by atoms with E-state index < -0.39 is 35.6 Å². The van der Waals surface area contributed by atoms with Crippen LogP contribution in [0.2, 0.25) is 0 Å². The molecule has 0 bridgehead atoms. The van der Waals surface area contributed by atoms with Gasteiger partial charge in [0.1, 0.15) is 0 Å². The molecule has 0 heterocycles. The van der Waals surface area contributed by atoms with Gasteiger partial charge in [0, 0.05) is 24.2 Å². The fourth-order valence-electron chi connectivity index (χ4n) is 7.41. The zero-order chi connectivity index (χ0) is 42.3. The molecule has 1 aromatic rings. The number of hydrogen-bond acceptors (Lipinski definition) is 4. The molecule has 1 aromatic carbocycles. The first kappa shape index (κ1) is 52.6. The molecule has 0 aliphatic carbocycles. The zero-order valence-corrected chi connectivity index (χ0v) is 36.9. The smallest absolute Gasteiger partial charge is 0.307 e. The van der Waals surface area contributed by atoms with Crippen molar-refractivity contribution >= 4 is 35.1 Å². The molecule has 330 valence electrons. The van der Waals surface area contributed by atoms with Gasteiger partial charge < -0.3 is 20.8 Å². The van der Waals surface area contributed by atoms with Gasteiger partial charge in [-0.2, -0.15) is 0 Å². The lowest BCUT2D eigenvalue weighted by molar-refractivity contribution is -0.143. The Hall–Kier alpha value is -3.42. The number of anilines is 2. The second-order valence-corrected chi connectivity index (χ2v) is 16.6. The molecule has 0 spiro atoms. The number of hydrogen-bond donors (Lipinski definition) is 4. The average Bonchev–Trinajstić information content (AvgIpc) is 3.19. The van der Waals surface area contributed by atoms with Crippen LogP contribution >= 0.6 is 0 Å². The number of carbonyl (C=O) groups is 4. The van der Waals surface area contributed by atoms with Gasteiger partial charge in [0.25, 0.3) is 0 Å². The second-order valence-electron chi connectivity index (χ2n) is 16.6. The minimum Gasteiger partial charge on any atom is -0.481 e. The molecule has 8 heteroatoms. The topological polar surface area (TPSA) is 133 Å². The molecular weight excluding hydrogens is 725 g/mol. The first-order valence-electron chi connectivity index (χ1n) is 23.7. The Balaban J connectivity index is 2.28. The highest BCUT2D eigenvalue weighted by Crippen LogP contribution is 2.20. The Bertz CT molecular complexity index is 1170. The van der Waals surface area contributed by atoms with E-state index in [4.69, 9.17) is 0 Å². The first-order chi connectivity index (χ1) is 28.3.